The van der Waals surface area contributed by atoms with E-state index in [1.165, 1.54) is 11.3 Å². The van der Waals surface area contributed by atoms with Crippen LogP contribution in [0.25, 0.3) is 10.1 Å². The third kappa shape index (κ3) is 2.42. The predicted octanol–water partition coefficient (Wildman–Crippen LogP) is 2.44. The molecule has 24 heavy (non-hydrogen) atoms. The van der Waals surface area contributed by atoms with Gasteiger partial charge in [-0.25, -0.2) is 4.98 Å². The number of morpholine rings is 1. The number of rotatable bonds is 1. The van der Waals surface area contributed by atoms with E-state index >= 15 is 0 Å². The number of ether oxygens (including phenoxy) is 2. The van der Waals surface area contributed by atoms with E-state index in [1.54, 1.807) is 0 Å². The number of nitriles is 1. The third-order valence-corrected chi connectivity index (χ3v) is 5.76. The zero-order valence-electron chi connectivity index (χ0n) is 13.9. The van der Waals surface area contributed by atoms with E-state index in [2.05, 4.69) is 24.8 Å². The second-order valence-electron chi connectivity index (χ2n) is 6.85. The minimum absolute atomic E-state index is 0.247. The van der Waals surface area contributed by atoms with Gasteiger partial charge in [-0.15, -0.1) is 11.3 Å². The SMILES string of the molecule is CC1(C)Cc2c(nc(N3CCOCC3)c3sc(C#N)c(N)c23)CO1. The summed E-state index contributed by atoms with van der Waals surface area (Å²) in [5.41, 5.74) is 8.75. The quantitative estimate of drug-likeness (QED) is 0.855. The molecule has 2 aliphatic heterocycles. The minimum atomic E-state index is -0.247. The lowest BCUT2D eigenvalue weighted by Gasteiger charge is -2.34. The van der Waals surface area contributed by atoms with Gasteiger partial charge >= 0.3 is 0 Å². The van der Waals surface area contributed by atoms with E-state index in [4.69, 9.17) is 20.2 Å². The molecule has 0 saturated carbocycles. The fraction of sp³-hybridized carbons (Fsp3) is 0.529. The van der Waals surface area contributed by atoms with Crippen LogP contribution >= 0.6 is 11.3 Å². The van der Waals surface area contributed by atoms with Gasteiger partial charge in [0.25, 0.3) is 0 Å². The van der Waals surface area contributed by atoms with Crippen molar-refractivity contribution < 1.29 is 9.47 Å². The average Bonchev–Trinajstić information content (AvgIpc) is 2.91. The van der Waals surface area contributed by atoms with Crippen LogP contribution in [0.2, 0.25) is 0 Å². The molecule has 0 aliphatic carbocycles. The molecule has 4 heterocycles. The maximum Gasteiger partial charge on any atom is 0.147 e. The number of anilines is 2. The molecule has 0 aromatic carbocycles. The van der Waals surface area contributed by atoms with Crippen LogP contribution in [0.4, 0.5) is 11.5 Å². The lowest BCUT2D eigenvalue weighted by molar-refractivity contribution is -0.0415. The van der Waals surface area contributed by atoms with Gasteiger partial charge in [-0.05, 0) is 19.4 Å². The Labute approximate surface area is 144 Å². The Kier molecular flexibility index (Phi) is 3.64. The van der Waals surface area contributed by atoms with Gasteiger partial charge in [0.2, 0.25) is 0 Å². The van der Waals surface area contributed by atoms with Crippen LogP contribution in [-0.4, -0.2) is 36.9 Å². The molecular formula is C17H20N4O2S. The molecule has 1 fully saturated rings. The van der Waals surface area contributed by atoms with Gasteiger partial charge in [0.15, 0.2) is 0 Å². The van der Waals surface area contributed by atoms with Crippen molar-refractivity contribution in [2.45, 2.75) is 32.5 Å². The fourth-order valence-electron chi connectivity index (χ4n) is 3.41. The summed E-state index contributed by atoms with van der Waals surface area (Å²) in [5, 5.41) is 10.4. The zero-order valence-corrected chi connectivity index (χ0v) is 14.7. The normalized spacial score (nSPS) is 20.0. The van der Waals surface area contributed by atoms with Crippen molar-refractivity contribution in [3.05, 3.63) is 16.1 Å². The third-order valence-electron chi connectivity index (χ3n) is 4.65. The van der Waals surface area contributed by atoms with Crippen molar-refractivity contribution in [1.82, 2.24) is 4.98 Å². The number of hydrogen-bond acceptors (Lipinski definition) is 7. The molecule has 0 bridgehead atoms. The zero-order chi connectivity index (χ0) is 16.9. The molecule has 0 unspecified atom stereocenters. The molecule has 7 heteroatoms. The van der Waals surface area contributed by atoms with Gasteiger partial charge in [0, 0.05) is 24.9 Å². The molecule has 6 nitrogen and oxygen atoms in total. The van der Waals surface area contributed by atoms with Gasteiger partial charge in [-0.1, -0.05) is 0 Å². The van der Waals surface area contributed by atoms with Crippen LogP contribution < -0.4 is 10.6 Å². The Bertz CT molecular complexity index is 847. The highest BCUT2D eigenvalue weighted by Crippen LogP contribution is 2.44. The van der Waals surface area contributed by atoms with Crippen LogP contribution in [0, 0.1) is 11.3 Å². The van der Waals surface area contributed by atoms with Crippen molar-refractivity contribution in [2.75, 3.05) is 36.9 Å². The van der Waals surface area contributed by atoms with E-state index in [9.17, 15) is 5.26 Å². The van der Waals surface area contributed by atoms with Crippen LogP contribution in [0.3, 0.4) is 0 Å². The number of hydrogen-bond donors (Lipinski definition) is 1. The summed E-state index contributed by atoms with van der Waals surface area (Å²) in [4.78, 5) is 7.70. The topological polar surface area (TPSA) is 84.4 Å². The lowest BCUT2D eigenvalue weighted by Crippen LogP contribution is -2.38. The molecule has 2 N–H and O–H groups in total. The largest absolute Gasteiger partial charge is 0.396 e. The number of aromatic nitrogens is 1. The molecule has 126 valence electrons. The van der Waals surface area contributed by atoms with Crippen molar-refractivity contribution >= 4 is 32.9 Å². The summed E-state index contributed by atoms with van der Waals surface area (Å²) in [5.74, 6) is 0.911. The highest BCUT2D eigenvalue weighted by atomic mass is 32.1. The van der Waals surface area contributed by atoms with Crippen molar-refractivity contribution in [3.8, 4) is 6.07 Å². The molecule has 0 spiro atoms. The summed E-state index contributed by atoms with van der Waals surface area (Å²) in [6, 6.07) is 2.23. The molecular weight excluding hydrogens is 324 g/mol. The van der Waals surface area contributed by atoms with Crippen LogP contribution in [0.5, 0.6) is 0 Å². The van der Waals surface area contributed by atoms with Gasteiger partial charge in [-0.2, -0.15) is 5.26 Å². The Morgan fingerprint density at radius 1 is 1.33 bits per heavy atom. The number of pyridine rings is 1. The first-order valence-electron chi connectivity index (χ1n) is 8.10. The summed E-state index contributed by atoms with van der Waals surface area (Å²) in [6.07, 6.45) is 0.751. The number of fused-ring (bicyclic) bond motifs is 3. The molecule has 4 rings (SSSR count). The second kappa shape index (κ2) is 5.59. The predicted molar refractivity (Wildman–Crippen MR) is 94.4 cm³/mol. The number of nitrogens with two attached hydrogens (primary N) is 1. The van der Waals surface area contributed by atoms with E-state index in [0.717, 1.165) is 46.7 Å². The average molecular weight is 344 g/mol. The monoisotopic (exact) mass is 344 g/mol. The van der Waals surface area contributed by atoms with Gasteiger partial charge in [-0.3, -0.25) is 0 Å². The highest BCUT2D eigenvalue weighted by molar-refractivity contribution is 7.21. The van der Waals surface area contributed by atoms with E-state index in [0.29, 0.717) is 30.4 Å². The Morgan fingerprint density at radius 2 is 2.08 bits per heavy atom. The number of nitrogen functional groups attached to an aromatic ring is 1. The van der Waals surface area contributed by atoms with Crippen molar-refractivity contribution in [3.63, 3.8) is 0 Å². The molecule has 0 atom stereocenters. The molecule has 2 aromatic rings. The summed E-state index contributed by atoms with van der Waals surface area (Å²) < 4.78 is 12.4. The van der Waals surface area contributed by atoms with Gasteiger partial charge < -0.3 is 20.1 Å². The lowest BCUT2D eigenvalue weighted by atomic mass is 9.91. The Hall–Kier alpha value is -1.88. The maximum absolute atomic E-state index is 9.43. The first-order valence-corrected chi connectivity index (χ1v) is 8.92. The molecule has 2 aromatic heterocycles. The number of nitrogens with zero attached hydrogens (tertiary/aromatic N) is 3. The van der Waals surface area contributed by atoms with Gasteiger partial charge in [0.1, 0.15) is 16.8 Å². The van der Waals surface area contributed by atoms with Crippen LogP contribution in [0.15, 0.2) is 0 Å². The first-order chi connectivity index (χ1) is 11.5. The number of thiophene rings is 1. The minimum Gasteiger partial charge on any atom is -0.396 e. The summed E-state index contributed by atoms with van der Waals surface area (Å²) in [7, 11) is 0. The van der Waals surface area contributed by atoms with Crippen LogP contribution in [0.1, 0.15) is 30.0 Å². The summed E-state index contributed by atoms with van der Waals surface area (Å²) >= 11 is 1.45. The van der Waals surface area contributed by atoms with Crippen molar-refractivity contribution in [1.29, 1.82) is 5.26 Å². The molecule has 2 aliphatic rings. The molecule has 1 saturated heterocycles. The second-order valence-corrected chi connectivity index (χ2v) is 7.87. The van der Waals surface area contributed by atoms with Gasteiger partial charge in [0.05, 0.1) is 41.5 Å². The standard InChI is InChI=1S/C17H20N4O2S/c1-17(2)7-10-11(9-23-17)20-16(21-3-5-22-6-4-21)15-13(10)14(19)12(8-18)24-15/h3-7,9,19H2,1-2H3. The molecule has 0 radical (unpaired) electrons. The maximum atomic E-state index is 9.43. The Morgan fingerprint density at radius 3 is 2.79 bits per heavy atom. The van der Waals surface area contributed by atoms with Crippen LogP contribution in [-0.2, 0) is 22.5 Å². The fourth-order valence-corrected chi connectivity index (χ4v) is 4.48. The van der Waals surface area contributed by atoms with Crippen molar-refractivity contribution in [2.24, 2.45) is 0 Å². The van der Waals surface area contributed by atoms with E-state index in [-0.39, 0.29) is 5.60 Å². The van der Waals surface area contributed by atoms with E-state index in [1.807, 2.05) is 0 Å². The summed E-state index contributed by atoms with van der Waals surface area (Å²) in [6.45, 7) is 7.61. The van der Waals surface area contributed by atoms with E-state index < -0.39 is 0 Å². The first kappa shape index (κ1) is 15.6. The smallest absolute Gasteiger partial charge is 0.147 e. The molecule has 0 amide bonds. The highest BCUT2D eigenvalue weighted by Gasteiger charge is 2.32. The Balaban J connectivity index is 1.97.